The number of ether oxygens (including phenoxy) is 3. The van der Waals surface area contributed by atoms with Crippen LogP contribution in [0.25, 0.3) is 0 Å². The fourth-order valence-corrected chi connectivity index (χ4v) is 4.29. The summed E-state index contributed by atoms with van der Waals surface area (Å²) in [5.41, 5.74) is 1.13. The zero-order chi connectivity index (χ0) is 22.9. The number of carbonyl (C=O) groups excluding carboxylic acids is 1. The summed E-state index contributed by atoms with van der Waals surface area (Å²) in [7, 11) is 0. The molecule has 0 spiro atoms. The molecule has 1 aliphatic carbocycles. The number of allylic oxidation sites excluding steroid dienone is 4. The lowest BCUT2D eigenvalue weighted by Gasteiger charge is -2.40. The van der Waals surface area contributed by atoms with Crippen LogP contribution in [0.3, 0.4) is 0 Å². The lowest BCUT2D eigenvalue weighted by Crippen LogP contribution is -2.51. The van der Waals surface area contributed by atoms with Gasteiger partial charge in [-0.15, -0.1) is 0 Å². The number of hydrogen-bond acceptors (Lipinski definition) is 6. The predicted molar refractivity (Wildman–Crippen MR) is 124 cm³/mol. The molecular weight excluding hydrogens is 423 g/mol. The van der Waals surface area contributed by atoms with Gasteiger partial charge in [0.2, 0.25) is 0 Å². The molecule has 4 rings (SSSR count). The standard InChI is InChI=1S/C26H31FN2O4/c27-22-8-10-23(11-9-22)32-18-16-28-12-14-29(15-13-28)24(7-4-17-30)26-20-31-19-25(33-26)21-5-2-1-3-6-21/h1-2,5,8-11,17,19-20,24H,3-4,6-7,12-16,18H2. The van der Waals surface area contributed by atoms with E-state index in [0.717, 1.165) is 68.9 Å². The van der Waals surface area contributed by atoms with Gasteiger partial charge in [0.05, 0.1) is 6.04 Å². The number of carbonyl (C=O) groups is 1. The summed E-state index contributed by atoms with van der Waals surface area (Å²) in [4.78, 5) is 15.8. The van der Waals surface area contributed by atoms with Crippen molar-refractivity contribution in [1.29, 1.82) is 0 Å². The molecule has 3 aliphatic rings. The minimum absolute atomic E-state index is 0.00347. The highest BCUT2D eigenvalue weighted by atomic mass is 19.1. The van der Waals surface area contributed by atoms with Crippen LogP contribution in [0.1, 0.15) is 25.7 Å². The fraction of sp³-hybridized carbons (Fsp3) is 0.423. The van der Waals surface area contributed by atoms with E-state index in [1.165, 1.54) is 12.1 Å². The number of benzene rings is 1. The maximum Gasteiger partial charge on any atom is 0.165 e. The summed E-state index contributed by atoms with van der Waals surface area (Å²) in [6.07, 6.45) is 13.6. The third-order valence-corrected chi connectivity index (χ3v) is 6.14. The van der Waals surface area contributed by atoms with Crippen LogP contribution in [0.4, 0.5) is 4.39 Å². The van der Waals surface area contributed by atoms with E-state index >= 15 is 0 Å². The number of piperazine rings is 1. The summed E-state index contributed by atoms with van der Waals surface area (Å²) < 4.78 is 30.7. The Morgan fingerprint density at radius 1 is 1.12 bits per heavy atom. The molecular formula is C26H31FN2O4. The second kappa shape index (κ2) is 11.8. The molecule has 0 amide bonds. The van der Waals surface area contributed by atoms with Crippen LogP contribution in [-0.2, 0) is 14.3 Å². The number of aldehydes is 1. The molecule has 1 aromatic rings. The Kier molecular flexibility index (Phi) is 8.33. The van der Waals surface area contributed by atoms with Crippen molar-refractivity contribution in [3.8, 4) is 5.75 Å². The third kappa shape index (κ3) is 6.55. The Hall–Kier alpha value is -2.90. The van der Waals surface area contributed by atoms with Gasteiger partial charge in [-0.25, -0.2) is 4.39 Å². The summed E-state index contributed by atoms with van der Waals surface area (Å²) in [5.74, 6) is 1.93. The van der Waals surface area contributed by atoms with E-state index < -0.39 is 0 Å². The van der Waals surface area contributed by atoms with Gasteiger partial charge in [-0.1, -0.05) is 18.2 Å². The van der Waals surface area contributed by atoms with E-state index in [1.54, 1.807) is 24.7 Å². The lowest BCUT2D eigenvalue weighted by atomic mass is 10.0. The lowest BCUT2D eigenvalue weighted by molar-refractivity contribution is -0.108. The van der Waals surface area contributed by atoms with Crippen molar-refractivity contribution in [3.63, 3.8) is 0 Å². The molecule has 1 atom stereocenters. The largest absolute Gasteiger partial charge is 0.492 e. The Balaban J connectivity index is 1.29. The molecule has 1 aromatic carbocycles. The molecule has 1 fully saturated rings. The first kappa shape index (κ1) is 23.3. The van der Waals surface area contributed by atoms with Crippen LogP contribution < -0.4 is 4.74 Å². The van der Waals surface area contributed by atoms with Crippen LogP contribution in [0.5, 0.6) is 5.75 Å². The zero-order valence-electron chi connectivity index (χ0n) is 18.8. The minimum Gasteiger partial charge on any atom is -0.492 e. The molecule has 2 aliphatic heterocycles. The Morgan fingerprint density at radius 2 is 1.94 bits per heavy atom. The smallest absolute Gasteiger partial charge is 0.165 e. The summed E-state index contributed by atoms with van der Waals surface area (Å²) in [6, 6.07) is 6.10. The van der Waals surface area contributed by atoms with E-state index in [-0.39, 0.29) is 11.9 Å². The summed E-state index contributed by atoms with van der Waals surface area (Å²) in [6.45, 7) is 4.89. The van der Waals surface area contributed by atoms with Gasteiger partial charge >= 0.3 is 0 Å². The number of hydrogen-bond donors (Lipinski definition) is 0. The zero-order valence-corrected chi connectivity index (χ0v) is 18.8. The first-order chi connectivity index (χ1) is 16.2. The van der Waals surface area contributed by atoms with Gasteiger partial charge < -0.3 is 19.0 Å². The van der Waals surface area contributed by atoms with Crippen LogP contribution in [-0.4, -0.2) is 61.5 Å². The molecule has 176 valence electrons. The minimum atomic E-state index is -0.264. The maximum atomic E-state index is 13.0. The highest BCUT2D eigenvalue weighted by Crippen LogP contribution is 2.30. The Morgan fingerprint density at radius 3 is 2.67 bits per heavy atom. The van der Waals surface area contributed by atoms with Crippen molar-refractivity contribution in [2.45, 2.75) is 31.7 Å². The fourth-order valence-electron chi connectivity index (χ4n) is 4.29. The molecule has 1 saturated heterocycles. The number of halogens is 1. The monoisotopic (exact) mass is 454 g/mol. The van der Waals surface area contributed by atoms with Gasteiger partial charge in [0.1, 0.15) is 37.0 Å². The van der Waals surface area contributed by atoms with Crippen LogP contribution in [0.2, 0.25) is 0 Å². The highest BCUT2D eigenvalue weighted by Gasteiger charge is 2.30. The molecule has 0 N–H and O–H groups in total. The van der Waals surface area contributed by atoms with E-state index in [4.69, 9.17) is 14.2 Å². The summed E-state index contributed by atoms with van der Waals surface area (Å²) >= 11 is 0. The van der Waals surface area contributed by atoms with Crippen molar-refractivity contribution < 1.29 is 23.4 Å². The van der Waals surface area contributed by atoms with E-state index in [9.17, 15) is 9.18 Å². The van der Waals surface area contributed by atoms with Gasteiger partial charge in [0.25, 0.3) is 0 Å². The molecule has 0 radical (unpaired) electrons. The van der Waals surface area contributed by atoms with E-state index in [2.05, 4.69) is 22.0 Å². The van der Waals surface area contributed by atoms with Crippen molar-refractivity contribution in [3.05, 3.63) is 77.9 Å². The second-order valence-electron chi connectivity index (χ2n) is 8.34. The van der Waals surface area contributed by atoms with Crippen molar-refractivity contribution in [1.82, 2.24) is 9.80 Å². The van der Waals surface area contributed by atoms with Gasteiger partial charge in [0, 0.05) is 39.1 Å². The highest BCUT2D eigenvalue weighted by molar-refractivity contribution is 5.49. The van der Waals surface area contributed by atoms with Crippen LogP contribution in [0.15, 0.2) is 72.1 Å². The Labute approximate surface area is 194 Å². The Bertz CT molecular complexity index is 915. The van der Waals surface area contributed by atoms with Crippen molar-refractivity contribution in [2.75, 3.05) is 39.3 Å². The summed E-state index contributed by atoms with van der Waals surface area (Å²) in [5, 5.41) is 0. The van der Waals surface area contributed by atoms with Crippen LogP contribution >= 0.6 is 0 Å². The SMILES string of the molecule is O=CCCC(C1=COC=C(C2=CC=CCC2)O1)N1CCN(CCOc2ccc(F)cc2)CC1. The van der Waals surface area contributed by atoms with Gasteiger partial charge in [0.15, 0.2) is 11.5 Å². The van der Waals surface area contributed by atoms with Gasteiger partial charge in [-0.3, -0.25) is 9.80 Å². The molecule has 0 saturated carbocycles. The molecule has 33 heavy (non-hydrogen) atoms. The van der Waals surface area contributed by atoms with Gasteiger partial charge in [-0.2, -0.15) is 0 Å². The molecule has 0 bridgehead atoms. The maximum absolute atomic E-state index is 13.0. The van der Waals surface area contributed by atoms with Gasteiger partial charge in [-0.05, 0) is 49.1 Å². The first-order valence-corrected chi connectivity index (χ1v) is 11.6. The average Bonchev–Trinajstić information content (AvgIpc) is 2.87. The first-order valence-electron chi connectivity index (χ1n) is 11.6. The number of nitrogens with zero attached hydrogens (tertiary/aromatic N) is 2. The quantitative estimate of drug-likeness (QED) is 0.495. The topological polar surface area (TPSA) is 51.2 Å². The molecule has 1 unspecified atom stereocenters. The second-order valence-corrected chi connectivity index (χ2v) is 8.34. The van der Waals surface area contributed by atoms with E-state index in [0.29, 0.717) is 25.2 Å². The van der Waals surface area contributed by atoms with Crippen LogP contribution in [0, 0.1) is 5.82 Å². The average molecular weight is 455 g/mol. The molecule has 7 heteroatoms. The molecule has 2 heterocycles. The van der Waals surface area contributed by atoms with Crippen molar-refractivity contribution in [2.24, 2.45) is 0 Å². The number of rotatable bonds is 10. The van der Waals surface area contributed by atoms with E-state index in [1.807, 2.05) is 6.08 Å². The predicted octanol–water partition coefficient (Wildman–Crippen LogP) is 4.18. The molecule has 6 nitrogen and oxygen atoms in total. The third-order valence-electron chi connectivity index (χ3n) is 6.14. The normalized spacial score (nSPS) is 20.1. The molecule has 0 aromatic heterocycles. The van der Waals surface area contributed by atoms with Crippen molar-refractivity contribution >= 4 is 6.29 Å².